The zero-order valence-corrected chi connectivity index (χ0v) is 13.8. The molecule has 0 bridgehead atoms. The molecular formula is C16H20ClF3N2O2. The standard InChI is InChI=1S/C16H19F3N2O2.ClH/c17-11-8-10(5-6-14(11)23-16(18)19)20-15(22)13-7-9-3-1-2-4-12(9)21-13;/h5-6,8-9,12-13,16,21H,1-4,7H2,(H,20,22);1H. The topological polar surface area (TPSA) is 50.4 Å². The molecule has 1 amide bonds. The van der Waals surface area contributed by atoms with E-state index in [1.807, 2.05) is 0 Å². The second-order valence-corrected chi connectivity index (χ2v) is 6.12. The number of carbonyl (C=O) groups excluding carboxylic acids is 1. The molecule has 1 aliphatic heterocycles. The van der Waals surface area contributed by atoms with Crippen molar-refractivity contribution in [2.75, 3.05) is 5.32 Å². The summed E-state index contributed by atoms with van der Waals surface area (Å²) in [6.07, 6.45) is 5.39. The minimum absolute atomic E-state index is 0. The van der Waals surface area contributed by atoms with Gasteiger partial charge in [0.2, 0.25) is 5.91 Å². The summed E-state index contributed by atoms with van der Waals surface area (Å²) in [5.74, 6) is -1.17. The molecule has 1 aromatic rings. The van der Waals surface area contributed by atoms with Gasteiger partial charge in [0, 0.05) is 17.8 Å². The van der Waals surface area contributed by atoms with Gasteiger partial charge in [0.15, 0.2) is 11.6 Å². The SMILES string of the molecule is Cl.O=C(Nc1ccc(OC(F)F)c(F)c1)C1CC2CCCCC2N1. The smallest absolute Gasteiger partial charge is 0.387 e. The van der Waals surface area contributed by atoms with Gasteiger partial charge in [-0.15, -0.1) is 12.4 Å². The molecule has 1 saturated carbocycles. The van der Waals surface area contributed by atoms with E-state index in [0.29, 0.717) is 12.0 Å². The largest absolute Gasteiger partial charge is 0.432 e. The number of anilines is 1. The fourth-order valence-corrected chi connectivity index (χ4v) is 3.52. The lowest BCUT2D eigenvalue weighted by Gasteiger charge is -2.24. The Labute approximate surface area is 144 Å². The summed E-state index contributed by atoms with van der Waals surface area (Å²) in [7, 11) is 0. The summed E-state index contributed by atoms with van der Waals surface area (Å²) < 4.78 is 41.9. The number of alkyl halides is 2. The number of fused-ring (bicyclic) bond motifs is 1. The highest BCUT2D eigenvalue weighted by Gasteiger charge is 2.38. The Morgan fingerprint density at radius 2 is 2.04 bits per heavy atom. The number of hydrogen-bond acceptors (Lipinski definition) is 3. The average Bonchev–Trinajstić information content (AvgIpc) is 2.94. The van der Waals surface area contributed by atoms with Crippen molar-refractivity contribution in [3.8, 4) is 5.75 Å². The maximum Gasteiger partial charge on any atom is 0.387 e. The van der Waals surface area contributed by atoms with Gasteiger partial charge in [-0.05, 0) is 37.3 Å². The van der Waals surface area contributed by atoms with Gasteiger partial charge < -0.3 is 15.4 Å². The van der Waals surface area contributed by atoms with Crippen LogP contribution in [0.3, 0.4) is 0 Å². The predicted octanol–water partition coefficient (Wildman–Crippen LogP) is 3.71. The van der Waals surface area contributed by atoms with Gasteiger partial charge in [0.05, 0.1) is 6.04 Å². The molecule has 3 unspecified atom stereocenters. The van der Waals surface area contributed by atoms with Gasteiger partial charge in [-0.2, -0.15) is 8.78 Å². The summed E-state index contributed by atoms with van der Waals surface area (Å²) in [5, 5.41) is 5.97. The Hall–Kier alpha value is -1.47. The molecule has 0 spiro atoms. The van der Waals surface area contributed by atoms with E-state index in [1.54, 1.807) is 0 Å². The minimum Gasteiger partial charge on any atom is -0.432 e. The lowest BCUT2D eigenvalue weighted by Crippen LogP contribution is -2.39. The maximum absolute atomic E-state index is 13.7. The number of carbonyl (C=O) groups is 1. The molecule has 134 valence electrons. The van der Waals surface area contributed by atoms with Crippen LogP contribution in [0.25, 0.3) is 0 Å². The van der Waals surface area contributed by atoms with Gasteiger partial charge in [-0.1, -0.05) is 12.8 Å². The van der Waals surface area contributed by atoms with Crippen molar-refractivity contribution < 1.29 is 22.7 Å². The zero-order valence-electron chi connectivity index (χ0n) is 12.9. The molecule has 1 aromatic carbocycles. The minimum atomic E-state index is -3.09. The molecule has 1 heterocycles. The number of benzene rings is 1. The summed E-state index contributed by atoms with van der Waals surface area (Å²) >= 11 is 0. The number of halogens is 4. The van der Waals surface area contributed by atoms with Crippen molar-refractivity contribution in [3.05, 3.63) is 24.0 Å². The summed E-state index contributed by atoms with van der Waals surface area (Å²) in [4.78, 5) is 12.3. The molecule has 1 aliphatic carbocycles. The quantitative estimate of drug-likeness (QED) is 0.856. The molecule has 4 nitrogen and oxygen atoms in total. The third-order valence-corrected chi connectivity index (χ3v) is 4.59. The molecule has 3 atom stereocenters. The zero-order chi connectivity index (χ0) is 16.4. The number of nitrogens with one attached hydrogen (secondary N) is 2. The number of ether oxygens (including phenoxy) is 1. The Morgan fingerprint density at radius 3 is 2.71 bits per heavy atom. The van der Waals surface area contributed by atoms with Crippen LogP contribution in [0.15, 0.2) is 18.2 Å². The molecular weight excluding hydrogens is 345 g/mol. The first-order valence-electron chi connectivity index (χ1n) is 7.84. The van der Waals surface area contributed by atoms with Crippen LogP contribution < -0.4 is 15.4 Å². The van der Waals surface area contributed by atoms with Gasteiger partial charge in [0.25, 0.3) is 0 Å². The molecule has 2 aliphatic rings. The molecule has 2 fully saturated rings. The monoisotopic (exact) mass is 364 g/mol. The van der Waals surface area contributed by atoms with Gasteiger partial charge in [-0.25, -0.2) is 4.39 Å². The Morgan fingerprint density at radius 1 is 1.29 bits per heavy atom. The van der Waals surface area contributed by atoms with Crippen LogP contribution >= 0.6 is 12.4 Å². The Balaban J connectivity index is 0.00000208. The number of amides is 1. The molecule has 8 heteroatoms. The second-order valence-electron chi connectivity index (χ2n) is 6.12. The highest BCUT2D eigenvalue weighted by molar-refractivity contribution is 5.95. The van der Waals surface area contributed by atoms with Crippen LogP contribution in [0.4, 0.5) is 18.9 Å². The van der Waals surface area contributed by atoms with Crippen molar-refractivity contribution in [1.82, 2.24) is 5.32 Å². The van der Waals surface area contributed by atoms with E-state index in [2.05, 4.69) is 15.4 Å². The third kappa shape index (κ3) is 4.33. The van der Waals surface area contributed by atoms with Gasteiger partial charge in [-0.3, -0.25) is 4.79 Å². The van der Waals surface area contributed by atoms with E-state index in [0.717, 1.165) is 31.4 Å². The van der Waals surface area contributed by atoms with Crippen molar-refractivity contribution in [1.29, 1.82) is 0 Å². The first-order valence-corrected chi connectivity index (χ1v) is 7.84. The van der Waals surface area contributed by atoms with E-state index in [-0.39, 0.29) is 30.0 Å². The van der Waals surface area contributed by atoms with Crippen LogP contribution in [-0.2, 0) is 4.79 Å². The first-order chi connectivity index (χ1) is 11.0. The molecule has 0 aromatic heterocycles. The summed E-state index contributed by atoms with van der Waals surface area (Å²) in [5.41, 5.74) is 0.228. The van der Waals surface area contributed by atoms with Crippen molar-refractivity contribution in [2.24, 2.45) is 5.92 Å². The van der Waals surface area contributed by atoms with Crippen molar-refractivity contribution in [3.63, 3.8) is 0 Å². The molecule has 1 saturated heterocycles. The molecule has 3 rings (SSSR count). The number of hydrogen-bond donors (Lipinski definition) is 2. The van der Waals surface area contributed by atoms with Gasteiger partial charge in [0.1, 0.15) is 0 Å². The fraction of sp³-hybridized carbons (Fsp3) is 0.562. The highest BCUT2D eigenvalue weighted by atomic mass is 35.5. The van der Waals surface area contributed by atoms with Crippen molar-refractivity contribution >= 4 is 24.0 Å². The van der Waals surface area contributed by atoms with Crippen LogP contribution in [0.1, 0.15) is 32.1 Å². The Bertz CT molecular complexity index is 574. The van der Waals surface area contributed by atoms with E-state index >= 15 is 0 Å². The molecule has 24 heavy (non-hydrogen) atoms. The number of rotatable bonds is 4. The van der Waals surface area contributed by atoms with E-state index < -0.39 is 18.2 Å². The van der Waals surface area contributed by atoms with E-state index in [4.69, 9.17) is 0 Å². The fourth-order valence-electron chi connectivity index (χ4n) is 3.52. The van der Waals surface area contributed by atoms with E-state index in [9.17, 15) is 18.0 Å². The first kappa shape index (κ1) is 18.9. The lowest BCUT2D eigenvalue weighted by atomic mass is 9.85. The van der Waals surface area contributed by atoms with Gasteiger partial charge >= 0.3 is 6.61 Å². The lowest BCUT2D eigenvalue weighted by molar-refractivity contribution is -0.117. The van der Waals surface area contributed by atoms with Crippen molar-refractivity contribution in [2.45, 2.75) is 50.8 Å². The summed E-state index contributed by atoms with van der Waals surface area (Å²) in [6.45, 7) is -3.09. The highest BCUT2D eigenvalue weighted by Crippen LogP contribution is 2.33. The second kappa shape index (κ2) is 8.07. The van der Waals surface area contributed by atoms with Crippen LogP contribution in [-0.4, -0.2) is 24.6 Å². The summed E-state index contributed by atoms with van der Waals surface area (Å²) in [6, 6.07) is 3.51. The third-order valence-electron chi connectivity index (χ3n) is 4.59. The van der Waals surface area contributed by atoms with E-state index in [1.165, 1.54) is 18.9 Å². The predicted molar refractivity (Wildman–Crippen MR) is 86.2 cm³/mol. The molecule has 0 radical (unpaired) electrons. The normalized spacial score (nSPS) is 25.8. The van der Waals surface area contributed by atoms with Crippen LogP contribution in [0, 0.1) is 11.7 Å². The Kier molecular flexibility index (Phi) is 6.34. The van der Waals surface area contributed by atoms with Crippen LogP contribution in [0.2, 0.25) is 0 Å². The average molecular weight is 365 g/mol. The van der Waals surface area contributed by atoms with Crippen LogP contribution in [0.5, 0.6) is 5.75 Å². The maximum atomic E-state index is 13.7. The molecule has 2 N–H and O–H groups in total.